The van der Waals surface area contributed by atoms with Gasteiger partial charge in [-0.25, -0.2) is 0 Å². The lowest BCUT2D eigenvalue weighted by molar-refractivity contribution is 0.130. The summed E-state index contributed by atoms with van der Waals surface area (Å²) < 4.78 is 0. The quantitative estimate of drug-likeness (QED) is 0.439. The Morgan fingerprint density at radius 3 is 2.70 bits per heavy atom. The molecule has 0 fully saturated rings. The van der Waals surface area contributed by atoms with Crippen molar-refractivity contribution >= 4 is 28.3 Å². The van der Waals surface area contributed by atoms with Crippen LogP contribution in [0.4, 0.5) is 0 Å². The van der Waals surface area contributed by atoms with Gasteiger partial charge in [-0.2, -0.15) is 0 Å². The van der Waals surface area contributed by atoms with Gasteiger partial charge < -0.3 is 10.6 Å². The Kier molecular flexibility index (Phi) is 4.74. The molecule has 5 heteroatoms. The van der Waals surface area contributed by atoms with Crippen LogP contribution in [0.3, 0.4) is 0 Å². The van der Waals surface area contributed by atoms with Gasteiger partial charge in [0, 0.05) is 28.6 Å². The smallest absolute Gasteiger partial charge is 0.144 e. The maximum Gasteiger partial charge on any atom is 0.144 e. The summed E-state index contributed by atoms with van der Waals surface area (Å²) in [4.78, 5) is 9.76. The number of amidine groups is 1. The summed E-state index contributed by atoms with van der Waals surface area (Å²) in [5.41, 5.74) is 8.71. The molecule has 0 aliphatic heterocycles. The number of oxime groups is 1. The number of fused-ring (bicyclic) bond motifs is 1. The molecular formula is C18H16ClN3O. The first-order valence-corrected chi connectivity index (χ1v) is 7.62. The Bertz CT molecular complexity index is 843. The van der Waals surface area contributed by atoms with E-state index in [0.29, 0.717) is 23.9 Å². The minimum atomic E-state index is 0.317. The molecule has 0 atom stereocenters. The molecule has 2 N–H and O–H groups in total. The molecule has 1 aromatic heterocycles. The van der Waals surface area contributed by atoms with Gasteiger partial charge in [0.05, 0.1) is 5.52 Å². The van der Waals surface area contributed by atoms with Crippen LogP contribution in [0, 0.1) is 0 Å². The highest BCUT2D eigenvalue weighted by atomic mass is 35.5. The lowest BCUT2D eigenvalue weighted by atomic mass is 10.1. The van der Waals surface area contributed by atoms with E-state index in [4.69, 9.17) is 22.2 Å². The van der Waals surface area contributed by atoms with Crippen molar-refractivity contribution in [3.8, 4) is 0 Å². The largest absolute Gasteiger partial charge is 0.389 e. The topological polar surface area (TPSA) is 60.5 Å². The minimum absolute atomic E-state index is 0.317. The fourth-order valence-electron chi connectivity index (χ4n) is 2.34. The Labute approximate surface area is 139 Å². The van der Waals surface area contributed by atoms with E-state index < -0.39 is 0 Å². The number of hydrogen-bond acceptors (Lipinski definition) is 3. The number of pyridine rings is 1. The highest BCUT2D eigenvalue weighted by molar-refractivity contribution is 6.31. The molecule has 0 bridgehead atoms. The molecule has 4 nitrogen and oxygen atoms in total. The highest BCUT2D eigenvalue weighted by Crippen LogP contribution is 2.17. The second-order valence-electron chi connectivity index (χ2n) is 5.12. The molecule has 1 heterocycles. The second kappa shape index (κ2) is 7.11. The van der Waals surface area contributed by atoms with Crippen LogP contribution in [-0.4, -0.2) is 10.8 Å². The van der Waals surface area contributed by atoms with Crippen LogP contribution < -0.4 is 5.73 Å². The lowest BCUT2D eigenvalue weighted by Gasteiger charge is -2.06. The first-order chi connectivity index (χ1) is 11.2. The van der Waals surface area contributed by atoms with E-state index in [1.54, 1.807) is 6.20 Å². The van der Waals surface area contributed by atoms with Crippen LogP contribution in [0.2, 0.25) is 5.02 Å². The third kappa shape index (κ3) is 3.79. The van der Waals surface area contributed by atoms with Gasteiger partial charge >= 0.3 is 0 Å². The summed E-state index contributed by atoms with van der Waals surface area (Å²) in [6.07, 6.45) is 2.22. The van der Waals surface area contributed by atoms with Crippen molar-refractivity contribution < 1.29 is 4.84 Å². The minimum Gasteiger partial charge on any atom is -0.389 e. The van der Waals surface area contributed by atoms with Crippen molar-refractivity contribution in [1.29, 1.82) is 0 Å². The van der Waals surface area contributed by atoms with Crippen molar-refractivity contribution in [2.24, 2.45) is 10.9 Å². The fraction of sp³-hybridized carbons (Fsp3) is 0.111. The molecule has 0 unspecified atom stereocenters. The molecule has 0 spiro atoms. The first kappa shape index (κ1) is 15.3. The van der Waals surface area contributed by atoms with Gasteiger partial charge in [0.25, 0.3) is 0 Å². The van der Waals surface area contributed by atoms with Gasteiger partial charge in [-0.1, -0.05) is 59.2 Å². The van der Waals surface area contributed by atoms with Crippen LogP contribution >= 0.6 is 11.6 Å². The third-order valence-electron chi connectivity index (χ3n) is 3.45. The molecule has 3 aromatic rings. The Balaban J connectivity index is 1.67. The molecule has 116 valence electrons. The van der Waals surface area contributed by atoms with Crippen LogP contribution in [0.25, 0.3) is 10.9 Å². The van der Waals surface area contributed by atoms with Crippen LogP contribution in [0.1, 0.15) is 11.1 Å². The third-order valence-corrected chi connectivity index (χ3v) is 3.82. The molecule has 0 saturated heterocycles. The molecule has 0 amide bonds. The number of rotatable bonds is 5. The molecule has 0 aliphatic carbocycles. The number of nitrogens with two attached hydrogens (primary N) is 1. The maximum atomic E-state index is 6.10. The average molecular weight is 326 g/mol. The molecule has 2 aromatic carbocycles. The maximum absolute atomic E-state index is 6.10. The standard InChI is InChI=1S/C18H16ClN3O/c19-16-9-2-1-5-14(16)11-17(20)22-23-12-15-7-3-6-13-8-4-10-21-18(13)15/h1-10H,11-12H2,(H2,20,22). The van der Waals surface area contributed by atoms with Crippen LogP contribution in [0.15, 0.2) is 65.9 Å². The zero-order valence-electron chi connectivity index (χ0n) is 12.4. The zero-order valence-corrected chi connectivity index (χ0v) is 13.2. The van der Waals surface area contributed by atoms with Gasteiger partial charge in [0.1, 0.15) is 12.4 Å². The normalized spacial score (nSPS) is 11.6. The van der Waals surface area contributed by atoms with Gasteiger partial charge in [-0.05, 0) is 17.7 Å². The number of aromatic nitrogens is 1. The Morgan fingerprint density at radius 2 is 1.83 bits per heavy atom. The van der Waals surface area contributed by atoms with Crippen LogP contribution in [0.5, 0.6) is 0 Å². The molecule has 23 heavy (non-hydrogen) atoms. The summed E-state index contributed by atoms with van der Waals surface area (Å²) in [5, 5.41) is 5.71. The molecule has 0 aliphatic rings. The first-order valence-electron chi connectivity index (χ1n) is 7.24. The number of nitrogens with zero attached hydrogens (tertiary/aromatic N) is 2. The molecule has 0 saturated carbocycles. The number of hydrogen-bond donors (Lipinski definition) is 1. The Morgan fingerprint density at radius 1 is 1.04 bits per heavy atom. The molecule has 0 radical (unpaired) electrons. The van der Waals surface area contributed by atoms with Gasteiger partial charge in [0.2, 0.25) is 0 Å². The van der Waals surface area contributed by atoms with E-state index in [-0.39, 0.29) is 0 Å². The van der Waals surface area contributed by atoms with Crippen LogP contribution in [-0.2, 0) is 17.9 Å². The van der Waals surface area contributed by atoms with Gasteiger partial charge in [0.15, 0.2) is 0 Å². The monoisotopic (exact) mass is 325 g/mol. The fourth-order valence-corrected chi connectivity index (χ4v) is 2.54. The predicted molar refractivity (Wildman–Crippen MR) is 93.3 cm³/mol. The van der Waals surface area contributed by atoms with Crippen molar-refractivity contribution in [2.45, 2.75) is 13.0 Å². The van der Waals surface area contributed by atoms with Crippen molar-refractivity contribution in [3.05, 3.63) is 76.9 Å². The SMILES string of the molecule is N/C(Cc1ccccc1Cl)=N/OCc1cccc2cccnc12. The predicted octanol–water partition coefficient (Wildman–Crippen LogP) is 3.92. The van der Waals surface area contributed by atoms with E-state index in [1.165, 1.54) is 0 Å². The summed E-state index contributed by atoms with van der Waals surface area (Å²) in [6.45, 7) is 0.317. The van der Waals surface area contributed by atoms with E-state index in [2.05, 4.69) is 10.1 Å². The number of benzene rings is 2. The van der Waals surface area contributed by atoms with Gasteiger partial charge in [-0.3, -0.25) is 4.98 Å². The van der Waals surface area contributed by atoms with Crippen molar-refractivity contribution in [2.75, 3.05) is 0 Å². The summed E-state index contributed by atoms with van der Waals surface area (Å²) in [6, 6.07) is 17.4. The zero-order chi connectivity index (χ0) is 16.1. The van der Waals surface area contributed by atoms with E-state index in [0.717, 1.165) is 22.0 Å². The number of halogens is 1. The average Bonchev–Trinajstić information content (AvgIpc) is 2.57. The van der Waals surface area contributed by atoms with Gasteiger partial charge in [-0.15, -0.1) is 0 Å². The highest BCUT2D eigenvalue weighted by Gasteiger charge is 2.04. The van der Waals surface area contributed by atoms with E-state index >= 15 is 0 Å². The van der Waals surface area contributed by atoms with Crippen molar-refractivity contribution in [1.82, 2.24) is 4.98 Å². The second-order valence-corrected chi connectivity index (χ2v) is 5.52. The number of para-hydroxylation sites is 1. The Hall–Kier alpha value is -2.59. The van der Waals surface area contributed by atoms with E-state index in [9.17, 15) is 0 Å². The summed E-state index contributed by atoms with van der Waals surface area (Å²) in [7, 11) is 0. The summed E-state index contributed by atoms with van der Waals surface area (Å²) in [5.74, 6) is 0.381. The molecule has 3 rings (SSSR count). The van der Waals surface area contributed by atoms with Crippen molar-refractivity contribution in [3.63, 3.8) is 0 Å². The summed E-state index contributed by atoms with van der Waals surface area (Å²) >= 11 is 6.10. The van der Waals surface area contributed by atoms with E-state index in [1.807, 2.05) is 54.6 Å². The molecular weight excluding hydrogens is 310 g/mol. The lowest BCUT2D eigenvalue weighted by Crippen LogP contribution is -2.15.